The number of benzene rings is 2. The first kappa shape index (κ1) is 16.3. The summed E-state index contributed by atoms with van der Waals surface area (Å²) in [7, 11) is 0. The molecule has 6 heteroatoms. The van der Waals surface area contributed by atoms with Crippen LogP contribution in [0.1, 0.15) is 11.3 Å². The molecule has 0 aliphatic heterocycles. The van der Waals surface area contributed by atoms with Gasteiger partial charge < -0.3 is 15.2 Å². The highest BCUT2D eigenvalue weighted by molar-refractivity contribution is 9.10. The van der Waals surface area contributed by atoms with Gasteiger partial charge in [0.1, 0.15) is 12.4 Å². The van der Waals surface area contributed by atoms with E-state index in [1.165, 1.54) is 0 Å². The van der Waals surface area contributed by atoms with Gasteiger partial charge in [-0.3, -0.25) is 4.98 Å². The number of pyridine rings is 1. The zero-order valence-corrected chi connectivity index (χ0v) is 14.3. The Morgan fingerprint density at radius 1 is 1.17 bits per heavy atom. The molecule has 122 valence electrons. The Bertz CT molecular complexity index is 869. The molecule has 1 heterocycles. The van der Waals surface area contributed by atoms with E-state index >= 15 is 0 Å². The minimum absolute atomic E-state index is 0.128. The third-order valence-electron chi connectivity index (χ3n) is 3.44. The summed E-state index contributed by atoms with van der Waals surface area (Å²) in [5.41, 5.74) is 2.42. The van der Waals surface area contributed by atoms with Gasteiger partial charge in [-0.15, -0.1) is 0 Å². The molecule has 1 amide bonds. The van der Waals surface area contributed by atoms with Crippen LogP contribution in [-0.4, -0.2) is 16.2 Å². The standard InChI is InChI=1S/C18H15BrN2O3/c19-13-6-7-16-15(8-13)17(9-14(21-16)10-20-18(22)23)24-11-12-4-2-1-3-5-12/h1-9,20H,10-11H2,(H,22,23). The fourth-order valence-corrected chi connectivity index (χ4v) is 2.69. The number of aromatic nitrogens is 1. The third-order valence-corrected chi connectivity index (χ3v) is 3.94. The van der Waals surface area contributed by atoms with E-state index < -0.39 is 6.09 Å². The van der Waals surface area contributed by atoms with Gasteiger partial charge in [0.25, 0.3) is 0 Å². The Kier molecular flexibility index (Phi) is 4.96. The lowest BCUT2D eigenvalue weighted by Crippen LogP contribution is -2.20. The lowest BCUT2D eigenvalue weighted by molar-refractivity contribution is 0.194. The molecule has 0 aliphatic carbocycles. The molecular weight excluding hydrogens is 372 g/mol. The predicted molar refractivity (Wildman–Crippen MR) is 95.1 cm³/mol. The molecule has 0 radical (unpaired) electrons. The zero-order chi connectivity index (χ0) is 16.9. The topological polar surface area (TPSA) is 71.5 Å². The van der Waals surface area contributed by atoms with Crippen LogP contribution in [0.5, 0.6) is 5.75 Å². The molecule has 0 fully saturated rings. The molecule has 0 aliphatic rings. The summed E-state index contributed by atoms with van der Waals surface area (Å²) in [6.07, 6.45) is -1.08. The molecule has 3 aromatic rings. The maximum atomic E-state index is 10.7. The molecule has 0 bridgehead atoms. The van der Waals surface area contributed by atoms with Crippen molar-refractivity contribution in [2.24, 2.45) is 0 Å². The van der Waals surface area contributed by atoms with Gasteiger partial charge in [0, 0.05) is 15.9 Å². The first-order chi connectivity index (χ1) is 11.6. The number of carboxylic acid groups (broad SMARTS) is 1. The van der Waals surface area contributed by atoms with Crippen molar-refractivity contribution in [2.75, 3.05) is 0 Å². The fourth-order valence-electron chi connectivity index (χ4n) is 2.33. The first-order valence-electron chi connectivity index (χ1n) is 7.34. The maximum Gasteiger partial charge on any atom is 0.404 e. The molecule has 1 aromatic heterocycles. The average molecular weight is 387 g/mol. The van der Waals surface area contributed by atoms with Crippen LogP contribution in [-0.2, 0) is 13.2 Å². The van der Waals surface area contributed by atoms with Crippen molar-refractivity contribution < 1.29 is 14.6 Å². The number of nitrogens with zero attached hydrogens (tertiary/aromatic N) is 1. The summed E-state index contributed by atoms with van der Waals surface area (Å²) >= 11 is 3.46. The molecule has 3 rings (SSSR count). The highest BCUT2D eigenvalue weighted by atomic mass is 79.9. The Morgan fingerprint density at radius 3 is 2.71 bits per heavy atom. The van der Waals surface area contributed by atoms with Crippen LogP contribution in [0.15, 0.2) is 59.1 Å². The summed E-state index contributed by atoms with van der Waals surface area (Å²) in [6.45, 7) is 0.557. The van der Waals surface area contributed by atoms with Gasteiger partial charge in [0.15, 0.2) is 0 Å². The number of amides is 1. The molecule has 0 saturated carbocycles. The van der Waals surface area contributed by atoms with Crippen molar-refractivity contribution in [1.29, 1.82) is 0 Å². The van der Waals surface area contributed by atoms with Crippen LogP contribution in [0, 0.1) is 0 Å². The Hall–Kier alpha value is -2.60. The summed E-state index contributed by atoms with van der Waals surface area (Å²) < 4.78 is 6.90. The second-order valence-electron chi connectivity index (χ2n) is 5.21. The number of hydrogen-bond donors (Lipinski definition) is 2. The number of fused-ring (bicyclic) bond motifs is 1. The third kappa shape index (κ3) is 4.02. The van der Waals surface area contributed by atoms with Crippen LogP contribution in [0.3, 0.4) is 0 Å². The molecular formula is C18H15BrN2O3. The lowest BCUT2D eigenvalue weighted by atomic mass is 10.1. The van der Waals surface area contributed by atoms with E-state index in [0.717, 1.165) is 20.9 Å². The highest BCUT2D eigenvalue weighted by Crippen LogP contribution is 2.29. The second-order valence-corrected chi connectivity index (χ2v) is 6.12. The monoisotopic (exact) mass is 386 g/mol. The predicted octanol–water partition coefficient (Wildman–Crippen LogP) is 4.34. The molecule has 0 spiro atoms. The van der Waals surface area contributed by atoms with Crippen LogP contribution < -0.4 is 10.1 Å². The second kappa shape index (κ2) is 7.31. The van der Waals surface area contributed by atoms with E-state index in [1.807, 2.05) is 48.5 Å². The lowest BCUT2D eigenvalue weighted by Gasteiger charge is -2.12. The van der Waals surface area contributed by atoms with Gasteiger partial charge in [-0.05, 0) is 23.8 Å². The van der Waals surface area contributed by atoms with E-state index in [-0.39, 0.29) is 6.54 Å². The van der Waals surface area contributed by atoms with Crippen molar-refractivity contribution in [3.8, 4) is 5.75 Å². The molecule has 2 aromatic carbocycles. The average Bonchev–Trinajstić information content (AvgIpc) is 2.59. The van der Waals surface area contributed by atoms with Gasteiger partial charge >= 0.3 is 6.09 Å². The molecule has 0 atom stereocenters. The number of ether oxygens (including phenoxy) is 1. The number of halogens is 1. The van der Waals surface area contributed by atoms with E-state index in [4.69, 9.17) is 9.84 Å². The summed E-state index contributed by atoms with van der Waals surface area (Å²) in [4.78, 5) is 15.2. The maximum absolute atomic E-state index is 10.7. The Morgan fingerprint density at radius 2 is 1.96 bits per heavy atom. The summed E-state index contributed by atoms with van der Waals surface area (Å²) in [6, 6.07) is 17.3. The largest absolute Gasteiger partial charge is 0.488 e. The van der Waals surface area contributed by atoms with E-state index in [2.05, 4.69) is 26.2 Å². The van der Waals surface area contributed by atoms with E-state index in [1.54, 1.807) is 6.07 Å². The zero-order valence-electron chi connectivity index (χ0n) is 12.7. The fraction of sp³-hybridized carbons (Fsp3) is 0.111. The first-order valence-corrected chi connectivity index (χ1v) is 8.14. The molecule has 0 saturated heterocycles. The van der Waals surface area contributed by atoms with Gasteiger partial charge in [0.2, 0.25) is 0 Å². The van der Waals surface area contributed by atoms with Crippen LogP contribution in [0.2, 0.25) is 0 Å². The molecule has 5 nitrogen and oxygen atoms in total. The smallest absolute Gasteiger partial charge is 0.404 e. The highest BCUT2D eigenvalue weighted by Gasteiger charge is 2.09. The number of carbonyl (C=O) groups is 1. The SMILES string of the molecule is O=C(O)NCc1cc(OCc2ccccc2)c2cc(Br)ccc2n1. The summed E-state index contributed by atoms with van der Waals surface area (Å²) in [5, 5.41) is 12.0. The normalized spacial score (nSPS) is 10.5. The minimum atomic E-state index is -1.08. The summed E-state index contributed by atoms with van der Waals surface area (Å²) in [5.74, 6) is 0.673. The van der Waals surface area contributed by atoms with Crippen molar-refractivity contribution >= 4 is 32.9 Å². The van der Waals surface area contributed by atoms with Crippen LogP contribution in [0.4, 0.5) is 4.79 Å². The van der Waals surface area contributed by atoms with Gasteiger partial charge in [0.05, 0.1) is 17.8 Å². The van der Waals surface area contributed by atoms with Crippen molar-refractivity contribution in [3.05, 3.63) is 70.3 Å². The minimum Gasteiger partial charge on any atom is -0.488 e. The quantitative estimate of drug-likeness (QED) is 0.683. The Labute approximate surface area is 147 Å². The van der Waals surface area contributed by atoms with E-state index in [0.29, 0.717) is 18.1 Å². The number of hydrogen-bond acceptors (Lipinski definition) is 3. The van der Waals surface area contributed by atoms with Crippen molar-refractivity contribution in [2.45, 2.75) is 13.2 Å². The number of nitrogens with one attached hydrogen (secondary N) is 1. The van der Waals surface area contributed by atoms with Crippen LogP contribution >= 0.6 is 15.9 Å². The number of rotatable bonds is 5. The van der Waals surface area contributed by atoms with Gasteiger partial charge in [-0.25, -0.2) is 4.79 Å². The van der Waals surface area contributed by atoms with Gasteiger partial charge in [-0.1, -0.05) is 46.3 Å². The van der Waals surface area contributed by atoms with Gasteiger partial charge in [-0.2, -0.15) is 0 Å². The van der Waals surface area contributed by atoms with E-state index in [9.17, 15) is 4.79 Å². The molecule has 2 N–H and O–H groups in total. The van der Waals surface area contributed by atoms with Crippen molar-refractivity contribution in [1.82, 2.24) is 10.3 Å². The van der Waals surface area contributed by atoms with Crippen molar-refractivity contribution in [3.63, 3.8) is 0 Å². The van der Waals surface area contributed by atoms with Crippen LogP contribution in [0.25, 0.3) is 10.9 Å². The molecule has 24 heavy (non-hydrogen) atoms. The molecule has 0 unspecified atom stereocenters. The Balaban J connectivity index is 1.92.